The van der Waals surface area contributed by atoms with Gasteiger partial charge in [0, 0.05) is 20.7 Å². The Labute approximate surface area is 147 Å². The average molecular weight is 514 g/mol. The number of halogens is 3. The molecule has 1 aromatic heterocycles. The van der Waals surface area contributed by atoms with Crippen LogP contribution in [-0.4, -0.2) is 29.3 Å². The number of rotatable bonds is 5. The molecule has 4 nitrogen and oxygen atoms in total. The summed E-state index contributed by atoms with van der Waals surface area (Å²) in [7, 11) is 1.62. The summed E-state index contributed by atoms with van der Waals surface area (Å²) < 4.78 is 9.16. The van der Waals surface area contributed by atoms with Gasteiger partial charge in [-0.25, -0.2) is 0 Å². The largest absolute Gasteiger partial charge is 0.383 e. The number of nitrogens with zero attached hydrogens (tertiary/aromatic N) is 2. The highest BCUT2D eigenvalue weighted by Crippen LogP contribution is 2.26. The number of hydrogen-bond donors (Lipinski definition) is 0. The first-order valence-electron chi connectivity index (χ1n) is 5.74. The number of benzene rings is 1. The molecule has 20 heavy (non-hydrogen) atoms. The Morgan fingerprint density at radius 2 is 2.15 bits per heavy atom. The molecule has 7 heteroatoms. The van der Waals surface area contributed by atoms with Crippen LogP contribution in [0.5, 0.6) is 0 Å². The normalized spacial score (nSPS) is 10.8. The third kappa shape index (κ3) is 3.49. The summed E-state index contributed by atoms with van der Waals surface area (Å²) in [6.07, 6.45) is 1.63. The zero-order valence-corrected chi connectivity index (χ0v) is 15.9. The standard InChI is InChI=1S/C13H11Br2IN2O2/c1-20-5-4-18-12(11(15)7-17-18)13(19)9-6-8(16)2-3-10(9)14/h2-3,6-7H,4-5H2,1H3. The summed E-state index contributed by atoms with van der Waals surface area (Å²) in [5, 5.41) is 4.20. The number of aromatic nitrogens is 2. The van der Waals surface area contributed by atoms with Crippen molar-refractivity contribution in [2.45, 2.75) is 6.54 Å². The molecule has 1 aromatic carbocycles. The molecule has 0 aliphatic carbocycles. The number of carbonyl (C=O) groups excluding carboxylic acids is 1. The summed E-state index contributed by atoms with van der Waals surface area (Å²) in [6, 6.07) is 5.67. The predicted octanol–water partition coefficient (Wildman–Crippen LogP) is 3.89. The van der Waals surface area contributed by atoms with E-state index in [2.05, 4.69) is 59.5 Å². The van der Waals surface area contributed by atoms with E-state index in [1.54, 1.807) is 18.0 Å². The van der Waals surface area contributed by atoms with Crippen molar-refractivity contribution in [2.75, 3.05) is 13.7 Å². The third-order valence-corrected chi connectivity index (χ3v) is 4.63. The van der Waals surface area contributed by atoms with Crippen molar-refractivity contribution in [1.29, 1.82) is 0 Å². The van der Waals surface area contributed by atoms with Crippen molar-refractivity contribution in [2.24, 2.45) is 0 Å². The molecule has 0 aliphatic heterocycles. The van der Waals surface area contributed by atoms with Crippen molar-refractivity contribution in [3.63, 3.8) is 0 Å². The van der Waals surface area contributed by atoms with Crippen LogP contribution in [0.1, 0.15) is 16.1 Å². The van der Waals surface area contributed by atoms with Gasteiger partial charge in [-0.2, -0.15) is 5.10 Å². The van der Waals surface area contributed by atoms with E-state index in [-0.39, 0.29) is 5.78 Å². The molecule has 106 valence electrons. The molecule has 0 radical (unpaired) electrons. The van der Waals surface area contributed by atoms with Crippen molar-refractivity contribution in [3.8, 4) is 0 Å². The second kappa shape index (κ2) is 7.15. The highest BCUT2D eigenvalue weighted by molar-refractivity contribution is 14.1. The maximum atomic E-state index is 12.7. The molecular weight excluding hydrogens is 503 g/mol. The van der Waals surface area contributed by atoms with Crippen LogP contribution in [0.4, 0.5) is 0 Å². The molecule has 0 unspecified atom stereocenters. The molecule has 2 rings (SSSR count). The third-order valence-electron chi connectivity index (χ3n) is 2.69. The fourth-order valence-corrected chi connectivity index (χ4v) is 3.13. The van der Waals surface area contributed by atoms with Crippen LogP contribution in [0, 0.1) is 3.57 Å². The molecule has 0 fully saturated rings. The lowest BCUT2D eigenvalue weighted by Gasteiger charge is -2.08. The number of methoxy groups -OCH3 is 1. The minimum Gasteiger partial charge on any atom is -0.383 e. The fraction of sp³-hybridized carbons (Fsp3) is 0.231. The molecule has 0 N–H and O–H groups in total. The average Bonchev–Trinajstić information content (AvgIpc) is 2.79. The molecule has 1 heterocycles. The van der Waals surface area contributed by atoms with Gasteiger partial charge in [0.15, 0.2) is 0 Å². The van der Waals surface area contributed by atoms with Crippen LogP contribution in [0.15, 0.2) is 33.3 Å². The highest BCUT2D eigenvalue weighted by atomic mass is 127. The fourth-order valence-electron chi connectivity index (χ4n) is 1.73. The predicted molar refractivity (Wildman–Crippen MR) is 92.1 cm³/mol. The Morgan fingerprint density at radius 3 is 2.85 bits per heavy atom. The van der Waals surface area contributed by atoms with Gasteiger partial charge < -0.3 is 4.74 Å². The molecule has 0 bridgehead atoms. The number of carbonyl (C=O) groups is 1. The van der Waals surface area contributed by atoms with Gasteiger partial charge in [-0.3, -0.25) is 9.48 Å². The molecule has 2 aromatic rings. The zero-order chi connectivity index (χ0) is 14.7. The first-order chi connectivity index (χ1) is 9.54. The van der Waals surface area contributed by atoms with Gasteiger partial charge in [-0.05, 0) is 56.7 Å². The van der Waals surface area contributed by atoms with Crippen LogP contribution >= 0.6 is 54.5 Å². The summed E-state index contributed by atoms with van der Waals surface area (Å²) in [4.78, 5) is 12.7. The Morgan fingerprint density at radius 1 is 1.40 bits per heavy atom. The van der Waals surface area contributed by atoms with E-state index in [0.29, 0.717) is 28.9 Å². The molecule has 0 atom stereocenters. The van der Waals surface area contributed by atoms with Gasteiger partial charge in [0.1, 0.15) is 5.69 Å². The first-order valence-corrected chi connectivity index (χ1v) is 8.41. The Hall–Kier alpha value is -0.250. The molecular formula is C13H11Br2IN2O2. The number of ether oxygens (including phenoxy) is 1. The monoisotopic (exact) mass is 512 g/mol. The molecule has 0 saturated carbocycles. The highest BCUT2D eigenvalue weighted by Gasteiger charge is 2.21. The molecule has 0 aliphatic rings. The van der Waals surface area contributed by atoms with Crippen molar-refractivity contribution >= 4 is 60.2 Å². The van der Waals surface area contributed by atoms with E-state index >= 15 is 0 Å². The van der Waals surface area contributed by atoms with Crippen LogP contribution in [0.25, 0.3) is 0 Å². The molecule has 0 amide bonds. The second-order valence-corrected chi connectivity index (χ2v) is 6.96. The van der Waals surface area contributed by atoms with Crippen LogP contribution in [0.3, 0.4) is 0 Å². The molecule has 0 spiro atoms. The zero-order valence-electron chi connectivity index (χ0n) is 10.6. The topological polar surface area (TPSA) is 44.1 Å². The minimum atomic E-state index is -0.0733. The van der Waals surface area contributed by atoms with Crippen LogP contribution in [0.2, 0.25) is 0 Å². The quantitative estimate of drug-likeness (QED) is 0.450. The van der Waals surface area contributed by atoms with E-state index in [0.717, 1.165) is 8.04 Å². The van der Waals surface area contributed by atoms with Crippen molar-refractivity contribution in [1.82, 2.24) is 9.78 Å². The van der Waals surface area contributed by atoms with Gasteiger partial charge in [0.05, 0.1) is 23.8 Å². The summed E-state index contributed by atoms with van der Waals surface area (Å²) in [6.45, 7) is 1.03. The van der Waals surface area contributed by atoms with Crippen LogP contribution < -0.4 is 0 Å². The van der Waals surface area contributed by atoms with Gasteiger partial charge in [0.25, 0.3) is 0 Å². The lowest BCUT2D eigenvalue weighted by atomic mass is 10.1. The van der Waals surface area contributed by atoms with Gasteiger partial charge >= 0.3 is 0 Å². The van der Waals surface area contributed by atoms with E-state index in [1.165, 1.54) is 0 Å². The Kier molecular flexibility index (Phi) is 5.76. The molecule has 0 saturated heterocycles. The summed E-state index contributed by atoms with van der Waals surface area (Å²) >= 11 is 9.00. The number of hydrogen-bond acceptors (Lipinski definition) is 3. The van der Waals surface area contributed by atoms with Crippen molar-refractivity contribution < 1.29 is 9.53 Å². The lowest BCUT2D eigenvalue weighted by Crippen LogP contribution is -2.15. The van der Waals surface area contributed by atoms with Gasteiger partial charge in [-0.1, -0.05) is 15.9 Å². The van der Waals surface area contributed by atoms with Gasteiger partial charge in [-0.15, -0.1) is 0 Å². The smallest absolute Gasteiger partial charge is 0.213 e. The van der Waals surface area contributed by atoms with E-state index in [4.69, 9.17) is 4.74 Å². The number of ketones is 1. The Bertz CT molecular complexity index is 643. The van der Waals surface area contributed by atoms with Crippen LogP contribution in [-0.2, 0) is 11.3 Å². The summed E-state index contributed by atoms with van der Waals surface area (Å²) in [5.74, 6) is -0.0733. The first kappa shape index (κ1) is 16.1. The van der Waals surface area contributed by atoms with E-state index in [1.807, 2.05) is 18.2 Å². The Balaban J connectivity index is 2.42. The SMILES string of the molecule is COCCn1ncc(Br)c1C(=O)c1cc(I)ccc1Br. The lowest BCUT2D eigenvalue weighted by molar-refractivity contribution is 0.102. The van der Waals surface area contributed by atoms with Gasteiger partial charge in [0.2, 0.25) is 5.78 Å². The van der Waals surface area contributed by atoms with E-state index in [9.17, 15) is 4.79 Å². The second-order valence-electron chi connectivity index (χ2n) is 4.01. The minimum absolute atomic E-state index is 0.0733. The summed E-state index contributed by atoms with van der Waals surface area (Å²) in [5.41, 5.74) is 1.15. The maximum Gasteiger partial charge on any atom is 0.213 e. The van der Waals surface area contributed by atoms with Crippen molar-refractivity contribution in [3.05, 3.63) is 48.2 Å². The van der Waals surface area contributed by atoms with E-state index < -0.39 is 0 Å². The maximum absolute atomic E-state index is 12.7.